The third-order valence-electron chi connectivity index (χ3n) is 3.73. The van der Waals surface area contributed by atoms with Crippen LogP contribution in [0.2, 0.25) is 0 Å². The van der Waals surface area contributed by atoms with Crippen LogP contribution in [-0.4, -0.2) is 21.3 Å². The molecule has 1 aromatic carbocycles. The van der Waals surface area contributed by atoms with Gasteiger partial charge in [-0.15, -0.1) is 5.10 Å². The number of benzene rings is 1. The highest BCUT2D eigenvalue weighted by Crippen LogP contribution is 2.41. The highest BCUT2D eigenvalue weighted by Gasteiger charge is 2.31. The fourth-order valence-corrected chi connectivity index (χ4v) is 2.97. The molecule has 0 unspecified atom stereocenters. The molecule has 1 saturated carbocycles. The van der Waals surface area contributed by atoms with Gasteiger partial charge in [0, 0.05) is 18.3 Å². The van der Waals surface area contributed by atoms with Crippen LogP contribution in [0.1, 0.15) is 24.4 Å². The number of hydrogen-bond acceptors (Lipinski definition) is 3. The normalized spacial score (nSPS) is 18.1. The molecule has 92 valence electrons. The number of anilines is 2. The Labute approximate surface area is 110 Å². The molecule has 0 bridgehead atoms. The fraction of sp³-hybridized carbons (Fsp3) is 0.385. The summed E-state index contributed by atoms with van der Waals surface area (Å²) in [7, 11) is 0. The van der Waals surface area contributed by atoms with Crippen molar-refractivity contribution in [3.8, 4) is 0 Å². The first-order valence-electron chi connectivity index (χ1n) is 6.37. The second kappa shape index (κ2) is 3.68. The average Bonchev–Trinajstić information content (AvgIpc) is 3.02. The van der Waals surface area contributed by atoms with Gasteiger partial charge in [-0.2, -0.15) is 0 Å². The zero-order valence-electron chi connectivity index (χ0n) is 9.97. The third kappa shape index (κ3) is 1.43. The van der Waals surface area contributed by atoms with Crippen LogP contribution in [0.5, 0.6) is 0 Å². The molecular formula is C13H14N4S. The molecule has 1 aliphatic heterocycles. The van der Waals surface area contributed by atoms with Crippen molar-refractivity contribution in [2.75, 3.05) is 11.4 Å². The number of para-hydroxylation sites is 1. The number of fused-ring (bicyclic) bond motifs is 1. The summed E-state index contributed by atoms with van der Waals surface area (Å²) in [5.74, 6) is 0.979. The molecular weight excluding hydrogens is 244 g/mol. The summed E-state index contributed by atoms with van der Waals surface area (Å²) < 4.78 is 2.93. The Morgan fingerprint density at radius 3 is 2.94 bits per heavy atom. The van der Waals surface area contributed by atoms with Gasteiger partial charge in [0.05, 0.1) is 0 Å². The first kappa shape index (κ1) is 10.3. The van der Waals surface area contributed by atoms with Crippen LogP contribution in [0.3, 0.4) is 0 Å². The molecule has 4 rings (SSSR count). The maximum absolute atomic E-state index is 5.34. The van der Waals surface area contributed by atoms with Crippen molar-refractivity contribution in [3.05, 3.63) is 34.6 Å². The average molecular weight is 258 g/mol. The first-order valence-corrected chi connectivity index (χ1v) is 6.78. The van der Waals surface area contributed by atoms with E-state index in [0.29, 0.717) is 6.04 Å². The third-order valence-corrected chi connectivity index (χ3v) is 4.01. The van der Waals surface area contributed by atoms with E-state index in [9.17, 15) is 0 Å². The lowest BCUT2D eigenvalue weighted by Crippen LogP contribution is -2.18. The van der Waals surface area contributed by atoms with Crippen molar-refractivity contribution < 1.29 is 0 Å². The predicted octanol–water partition coefficient (Wildman–Crippen LogP) is 2.97. The summed E-state index contributed by atoms with van der Waals surface area (Å²) in [6.07, 6.45) is 3.52. The zero-order chi connectivity index (χ0) is 12.1. The molecule has 2 aliphatic rings. The minimum Gasteiger partial charge on any atom is -0.310 e. The van der Waals surface area contributed by atoms with Crippen molar-refractivity contribution in [2.45, 2.75) is 25.3 Å². The molecule has 1 aromatic heterocycles. The Bertz CT molecular complexity index is 653. The van der Waals surface area contributed by atoms with E-state index in [1.807, 2.05) is 0 Å². The Morgan fingerprint density at radius 2 is 2.11 bits per heavy atom. The molecule has 1 aliphatic carbocycles. The van der Waals surface area contributed by atoms with Crippen molar-refractivity contribution in [3.63, 3.8) is 0 Å². The van der Waals surface area contributed by atoms with Gasteiger partial charge in [-0.05, 0) is 43.1 Å². The number of nitrogens with zero attached hydrogens (tertiary/aromatic N) is 3. The van der Waals surface area contributed by atoms with Crippen LogP contribution in [0.25, 0.3) is 0 Å². The smallest absolute Gasteiger partial charge is 0.230 e. The Kier molecular flexibility index (Phi) is 2.11. The summed E-state index contributed by atoms with van der Waals surface area (Å²) in [6, 6.07) is 9.09. The van der Waals surface area contributed by atoms with Gasteiger partial charge in [0.25, 0.3) is 0 Å². The Hall–Kier alpha value is -1.62. The van der Waals surface area contributed by atoms with Crippen LogP contribution >= 0.6 is 12.2 Å². The maximum atomic E-state index is 5.34. The predicted molar refractivity (Wildman–Crippen MR) is 72.8 cm³/mol. The number of aromatic amines is 1. The number of H-pyrrole nitrogens is 1. The van der Waals surface area contributed by atoms with Gasteiger partial charge in [0.2, 0.25) is 5.95 Å². The van der Waals surface area contributed by atoms with E-state index in [-0.39, 0.29) is 0 Å². The lowest BCUT2D eigenvalue weighted by atomic mass is 10.2. The van der Waals surface area contributed by atoms with Gasteiger partial charge < -0.3 is 4.90 Å². The molecule has 4 nitrogen and oxygen atoms in total. The molecule has 2 heterocycles. The Balaban J connectivity index is 1.83. The molecule has 1 fully saturated rings. The van der Waals surface area contributed by atoms with E-state index < -0.39 is 0 Å². The molecule has 2 aromatic rings. The van der Waals surface area contributed by atoms with Gasteiger partial charge in [-0.25, -0.2) is 5.10 Å². The molecule has 5 heteroatoms. The van der Waals surface area contributed by atoms with E-state index >= 15 is 0 Å². The van der Waals surface area contributed by atoms with Gasteiger partial charge in [0.15, 0.2) is 4.77 Å². The monoisotopic (exact) mass is 258 g/mol. The molecule has 18 heavy (non-hydrogen) atoms. The van der Waals surface area contributed by atoms with Crippen molar-refractivity contribution in [1.82, 2.24) is 14.8 Å². The summed E-state index contributed by atoms with van der Waals surface area (Å²) in [4.78, 5) is 2.28. The van der Waals surface area contributed by atoms with Crippen LogP contribution in [0, 0.1) is 4.77 Å². The molecule has 0 saturated heterocycles. The second-order valence-electron chi connectivity index (χ2n) is 4.96. The summed E-state index contributed by atoms with van der Waals surface area (Å²) in [5, 5.41) is 7.37. The lowest BCUT2D eigenvalue weighted by Gasteiger charge is -2.18. The van der Waals surface area contributed by atoms with Crippen LogP contribution in [0.4, 0.5) is 11.6 Å². The number of rotatable bonds is 2. The standard InChI is InChI=1S/C13H14N4S/c18-13-15-14-12(17(13)10-5-6-10)16-8-7-9-3-1-2-4-11(9)16/h1-4,10H,5-8H2,(H,15,18). The van der Waals surface area contributed by atoms with Crippen molar-refractivity contribution in [2.24, 2.45) is 0 Å². The topological polar surface area (TPSA) is 36.9 Å². The largest absolute Gasteiger partial charge is 0.310 e. The number of nitrogens with one attached hydrogen (secondary N) is 1. The van der Waals surface area contributed by atoms with E-state index in [0.717, 1.165) is 23.7 Å². The highest BCUT2D eigenvalue weighted by molar-refractivity contribution is 7.71. The minimum atomic E-state index is 0.555. The summed E-state index contributed by atoms with van der Waals surface area (Å²) in [5.41, 5.74) is 2.67. The molecule has 0 amide bonds. The van der Waals surface area contributed by atoms with Gasteiger partial charge in [-0.3, -0.25) is 4.57 Å². The highest BCUT2D eigenvalue weighted by atomic mass is 32.1. The Morgan fingerprint density at radius 1 is 1.28 bits per heavy atom. The zero-order valence-corrected chi connectivity index (χ0v) is 10.8. The van der Waals surface area contributed by atoms with E-state index in [1.165, 1.54) is 24.1 Å². The molecule has 1 N–H and O–H groups in total. The molecule has 0 radical (unpaired) electrons. The fourth-order valence-electron chi connectivity index (χ4n) is 2.69. The van der Waals surface area contributed by atoms with E-state index in [4.69, 9.17) is 12.2 Å². The van der Waals surface area contributed by atoms with Gasteiger partial charge in [0.1, 0.15) is 0 Å². The van der Waals surface area contributed by atoms with E-state index in [1.54, 1.807) is 0 Å². The molecule has 0 spiro atoms. The van der Waals surface area contributed by atoms with Crippen molar-refractivity contribution in [1.29, 1.82) is 0 Å². The van der Waals surface area contributed by atoms with Crippen LogP contribution < -0.4 is 4.90 Å². The molecule has 0 atom stereocenters. The van der Waals surface area contributed by atoms with E-state index in [2.05, 4.69) is 43.9 Å². The van der Waals surface area contributed by atoms with Gasteiger partial charge >= 0.3 is 0 Å². The summed E-state index contributed by atoms with van der Waals surface area (Å²) in [6.45, 7) is 0.992. The van der Waals surface area contributed by atoms with Crippen molar-refractivity contribution >= 4 is 23.9 Å². The van der Waals surface area contributed by atoms with Crippen LogP contribution in [-0.2, 0) is 6.42 Å². The summed E-state index contributed by atoms with van der Waals surface area (Å²) >= 11 is 5.34. The SMILES string of the molecule is S=c1[nH]nc(N2CCc3ccccc32)n1C1CC1. The maximum Gasteiger partial charge on any atom is 0.230 e. The second-order valence-corrected chi connectivity index (χ2v) is 5.35. The lowest BCUT2D eigenvalue weighted by molar-refractivity contribution is 0.716. The quantitative estimate of drug-likeness (QED) is 0.841. The number of hydrogen-bond donors (Lipinski definition) is 1. The van der Waals surface area contributed by atoms with Gasteiger partial charge in [-0.1, -0.05) is 18.2 Å². The number of aromatic nitrogens is 3. The first-order chi connectivity index (χ1) is 8.84. The van der Waals surface area contributed by atoms with Crippen LogP contribution in [0.15, 0.2) is 24.3 Å². The minimum absolute atomic E-state index is 0.555.